The van der Waals surface area contributed by atoms with Crippen LogP contribution < -0.4 is 5.32 Å². The van der Waals surface area contributed by atoms with Gasteiger partial charge in [0.05, 0.1) is 11.0 Å². The average Bonchev–Trinajstić information content (AvgIpc) is 3.11. The number of imidazole rings is 1. The van der Waals surface area contributed by atoms with Gasteiger partial charge in [-0.1, -0.05) is 0 Å². The van der Waals surface area contributed by atoms with Gasteiger partial charge in [-0.2, -0.15) is 0 Å². The molecular formula is C13H17FN4. The molecule has 0 atom stereocenters. The molecular weight excluding hydrogens is 231 g/mol. The maximum absolute atomic E-state index is 13.0. The second-order valence-corrected chi connectivity index (χ2v) is 4.89. The predicted molar refractivity (Wildman–Crippen MR) is 70.2 cm³/mol. The molecule has 0 spiro atoms. The van der Waals surface area contributed by atoms with Crippen LogP contribution in [0.15, 0.2) is 18.2 Å². The number of nitrogens with one attached hydrogen (secondary N) is 2. The molecule has 96 valence electrons. The van der Waals surface area contributed by atoms with E-state index < -0.39 is 0 Å². The molecule has 0 aliphatic heterocycles. The lowest BCUT2D eigenvalue weighted by molar-refractivity contribution is 0.337. The highest BCUT2D eigenvalue weighted by Gasteiger charge is 2.25. The van der Waals surface area contributed by atoms with E-state index in [2.05, 4.69) is 27.2 Å². The van der Waals surface area contributed by atoms with E-state index in [4.69, 9.17) is 0 Å². The van der Waals surface area contributed by atoms with Crippen LogP contribution in [0.3, 0.4) is 0 Å². The third-order valence-electron chi connectivity index (χ3n) is 3.37. The minimum absolute atomic E-state index is 0.244. The number of fused-ring (bicyclic) bond motifs is 1. The molecule has 1 aromatic heterocycles. The van der Waals surface area contributed by atoms with E-state index in [1.54, 1.807) is 6.07 Å². The topological polar surface area (TPSA) is 44.0 Å². The van der Waals surface area contributed by atoms with Crippen LogP contribution in [0.1, 0.15) is 12.8 Å². The van der Waals surface area contributed by atoms with Crippen molar-refractivity contribution in [2.45, 2.75) is 18.9 Å². The lowest BCUT2D eigenvalue weighted by Gasteiger charge is -2.15. The van der Waals surface area contributed by atoms with Gasteiger partial charge in [0.15, 0.2) is 0 Å². The predicted octanol–water partition coefficient (Wildman–Crippen LogP) is 2.21. The summed E-state index contributed by atoms with van der Waals surface area (Å²) in [6, 6.07) is 5.34. The molecule has 2 aromatic rings. The van der Waals surface area contributed by atoms with E-state index in [0.29, 0.717) is 5.95 Å². The normalized spacial score (nSPS) is 15.5. The Labute approximate surface area is 105 Å². The molecule has 0 bridgehead atoms. The van der Waals surface area contributed by atoms with E-state index in [0.717, 1.165) is 30.2 Å². The molecule has 1 fully saturated rings. The summed E-state index contributed by atoms with van der Waals surface area (Å²) in [5, 5.41) is 3.24. The average molecular weight is 248 g/mol. The molecule has 1 aliphatic carbocycles. The fourth-order valence-electron chi connectivity index (χ4n) is 2.11. The smallest absolute Gasteiger partial charge is 0.201 e. The van der Waals surface area contributed by atoms with Gasteiger partial charge in [0, 0.05) is 19.1 Å². The van der Waals surface area contributed by atoms with Crippen molar-refractivity contribution in [3.8, 4) is 0 Å². The summed E-state index contributed by atoms with van der Waals surface area (Å²) in [6.45, 7) is 1.84. The van der Waals surface area contributed by atoms with E-state index >= 15 is 0 Å². The van der Waals surface area contributed by atoms with Gasteiger partial charge in [0.1, 0.15) is 5.82 Å². The van der Waals surface area contributed by atoms with Gasteiger partial charge < -0.3 is 15.2 Å². The number of rotatable bonds is 5. The van der Waals surface area contributed by atoms with Crippen LogP contribution in [0.4, 0.5) is 10.3 Å². The highest BCUT2D eigenvalue weighted by molar-refractivity contribution is 5.77. The summed E-state index contributed by atoms with van der Waals surface area (Å²) in [5.74, 6) is 0.464. The number of hydrogen-bond acceptors (Lipinski definition) is 3. The molecule has 2 N–H and O–H groups in total. The fraction of sp³-hybridized carbons (Fsp3) is 0.462. The summed E-state index contributed by atoms with van der Waals surface area (Å²) >= 11 is 0. The molecule has 4 nitrogen and oxygen atoms in total. The Hall–Kier alpha value is -1.62. The first kappa shape index (κ1) is 11.5. The molecule has 1 heterocycles. The van der Waals surface area contributed by atoms with Crippen molar-refractivity contribution in [2.75, 3.05) is 25.5 Å². The van der Waals surface area contributed by atoms with E-state index in [1.165, 1.54) is 25.0 Å². The van der Waals surface area contributed by atoms with Crippen molar-refractivity contribution in [1.29, 1.82) is 0 Å². The van der Waals surface area contributed by atoms with Crippen molar-refractivity contribution < 1.29 is 4.39 Å². The molecule has 5 heteroatoms. The fourth-order valence-corrected chi connectivity index (χ4v) is 2.11. The van der Waals surface area contributed by atoms with Crippen molar-refractivity contribution in [3.63, 3.8) is 0 Å². The Morgan fingerprint density at radius 2 is 2.33 bits per heavy atom. The minimum atomic E-state index is -0.244. The number of H-pyrrole nitrogens is 1. The molecule has 18 heavy (non-hydrogen) atoms. The Morgan fingerprint density at radius 3 is 3.11 bits per heavy atom. The summed E-state index contributed by atoms with van der Waals surface area (Å²) < 4.78 is 13.0. The van der Waals surface area contributed by atoms with Gasteiger partial charge in [-0.05, 0) is 38.1 Å². The molecule has 1 aromatic carbocycles. The van der Waals surface area contributed by atoms with Crippen LogP contribution in [0.25, 0.3) is 11.0 Å². The molecule has 0 unspecified atom stereocenters. The maximum Gasteiger partial charge on any atom is 0.201 e. The molecule has 0 amide bonds. The van der Waals surface area contributed by atoms with Crippen molar-refractivity contribution in [3.05, 3.63) is 24.0 Å². The quantitative estimate of drug-likeness (QED) is 0.852. The summed E-state index contributed by atoms with van der Waals surface area (Å²) in [6.07, 6.45) is 2.64. The monoisotopic (exact) mass is 248 g/mol. The van der Waals surface area contributed by atoms with Gasteiger partial charge in [0.2, 0.25) is 5.95 Å². The Morgan fingerprint density at radius 1 is 1.50 bits per heavy atom. The number of aromatic nitrogens is 2. The van der Waals surface area contributed by atoms with Crippen LogP contribution >= 0.6 is 0 Å². The van der Waals surface area contributed by atoms with Gasteiger partial charge in [-0.15, -0.1) is 0 Å². The second-order valence-electron chi connectivity index (χ2n) is 4.89. The largest absolute Gasteiger partial charge is 0.355 e. The summed E-state index contributed by atoms with van der Waals surface area (Å²) in [4.78, 5) is 9.79. The Bertz CT molecular complexity index is 547. The maximum atomic E-state index is 13.0. The molecule has 3 rings (SSSR count). The number of hydrogen-bond donors (Lipinski definition) is 2. The Kier molecular flexibility index (Phi) is 2.91. The molecule has 0 radical (unpaired) electrons. The first-order valence-electron chi connectivity index (χ1n) is 6.32. The zero-order valence-corrected chi connectivity index (χ0v) is 10.4. The van der Waals surface area contributed by atoms with E-state index in [-0.39, 0.29) is 5.82 Å². The number of nitrogens with zero attached hydrogens (tertiary/aromatic N) is 2. The van der Waals surface area contributed by atoms with Crippen molar-refractivity contribution in [2.24, 2.45) is 0 Å². The van der Waals surface area contributed by atoms with Crippen LogP contribution in [-0.2, 0) is 0 Å². The standard InChI is InChI=1S/C13H17FN4/c1-18(10-3-4-10)7-6-15-13-16-11-5-2-9(14)8-12(11)17-13/h2,5,8,10H,3-4,6-7H2,1H3,(H2,15,16,17). The van der Waals surface area contributed by atoms with Crippen molar-refractivity contribution >= 4 is 17.0 Å². The zero-order valence-electron chi connectivity index (χ0n) is 10.4. The highest BCUT2D eigenvalue weighted by atomic mass is 19.1. The van der Waals surface area contributed by atoms with Crippen LogP contribution in [0.2, 0.25) is 0 Å². The van der Waals surface area contributed by atoms with Crippen LogP contribution in [-0.4, -0.2) is 41.0 Å². The lowest BCUT2D eigenvalue weighted by atomic mass is 10.3. The number of aromatic amines is 1. The van der Waals surface area contributed by atoms with Crippen LogP contribution in [0, 0.1) is 5.82 Å². The first-order chi connectivity index (χ1) is 8.72. The number of benzene rings is 1. The minimum Gasteiger partial charge on any atom is -0.355 e. The number of likely N-dealkylation sites (N-methyl/N-ethyl adjacent to an activating group) is 1. The Balaban J connectivity index is 1.60. The first-order valence-corrected chi connectivity index (χ1v) is 6.32. The lowest BCUT2D eigenvalue weighted by Crippen LogP contribution is -2.27. The van der Waals surface area contributed by atoms with Gasteiger partial charge in [-0.25, -0.2) is 9.37 Å². The highest BCUT2D eigenvalue weighted by Crippen LogP contribution is 2.24. The molecule has 0 saturated heterocycles. The van der Waals surface area contributed by atoms with E-state index in [1.807, 2.05) is 0 Å². The van der Waals surface area contributed by atoms with Crippen molar-refractivity contribution in [1.82, 2.24) is 14.9 Å². The summed E-state index contributed by atoms with van der Waals surface area (Å²) in [5.41, 5.74) is 1.52. The molecule has 1 aliphatic rings. The van der Waals surface area contributed by atoms with E-state index in [9.17, 15) is 4.39 Å². The number of anilines is 1. The second kappa shape index (κ2) is 4.57. The number of halogens is 1. The van der Waals surface area contributed by atoms with Gasteiger partial charge in [0.25, 0.3) is 0 Å². The third-order valence-corrected chi connectivity index (χ3v) is 3.37. The van der Waals surface area contributed by atoms with Crippen LogP contribution in [0.5, 0.6) is 0 Å². The third kappa shape index (κ3) is 2.46. The SMILES string of the molecule is CN(CCNc1nc2ccc(F)cc2[nH]1)C1CC1. The zero-order chi connectivity index (χ0) is 12.5. The van der Waals surface area contributed by atoms with Gasteiger partial charge >= 0.3 is 0 Å². The summed E-state index contributed by atoms with van der Waals surface area (Å²) in [7, 11) is 2.15. The van der Waals surface area contributed by atoms with Gasteiger partial charge in [-0.3, -0.25) is 0 Å². The molecule has 1 saturated carbocycles.